The molecular weight excluding hydrogens is 60.1 g/mol. The molecule has 0 saturated heterocycles. The summed E-state index contributed by atoms with van der Waals surface area (Å²) in [5.74, 6) is 1.64. The average Bonchev–Trinajstić information content (AvgIpc) is 2.12. The van der Waals surface area contributed by atoms with Gasteiger partial charge in [0.2, 0.25) is 0 Å². The van der Waals surface area contributed by atoms with Gasteiger partial charge in [-0.1, -0.05) is 6.92 Å². The molecule has 0 aromatic rings. The van der Waals surface area contributed by atoms with Crippen LogP contribution in [0.15, 0.2) is 0 Å². The zero-order chi connectivity index (χ0) is 3.70. The highest BCUT2D eigenvalue weighted by Crippen LogP contribution is 2.34. The van der Waals surface area contributed by atoms with Crippen molar-refractivity contribution in [2.75, 3.05) is 0 Å². The molecule has 0 bridgehead atoms. The molecule has 1 aliphatic rings. The normalized spacial score (nSPS) is 23.4. The fourth-order valence-electron chi connectivity index (χ4n) is 0.338. The summed E-state index contributed by atoms with van der Waals surface area (Å²) in [7, 11) is 0. The van der Waals surface area contributed by atoms with Crippen LogP contribution in [0.2, 0.25) is 0 Å². The van der Waals surface area contributed by atoms with Gasteiger partial charge in [-0.3, -0.25) is 0 Å². The fraction of sp³-hybridized carbons (Fsp3) is 0.600. The van der Waals surface area contributed by atoms with Crippen molar-refractivity contribution in [3.63, 3.8) is 0 Å². The minimum absolute atomic E-state index is 1.08. The van der Waals surface area contributed by atoms with Gasteiger partial charge in [0.15, 0.2) is 0 Å². The second kappa shape index (κ2) is 1.00. The van der Waals surface area contributed by atoms with E-state index in [-0.39, 0.29) is 0 Å². The van der Waals surface area contributed by atoms with Gasteiger partial charge < -0.3 is 0 Å². The summed E-state index contributed by atoms with van der Waals surface area (Å²) in [4.78, 5) is 0. The van der Waals surface area contributed by atoms with Crippen LogP contribution >= 0.6 is 0 Å². The monoisotopic (exact) mass is 68.1 g/mol. The van der Waals surface area contributed by atoms with Crippen molar-refractivity contribution in [1.29, 1.82) is 0 Å². The van der Waals surface area contributed by atoms with Gasteiger partial charge >= 0.3 is 0 Å². The van der Waals surface area contributed by atoms with Gasteiger partial charge in [0.1, 0.15) is 0 Å². The van der Waals surface area contributed by atoms with Crippen LogP contribution in [0.5, 0.6) is 0 Å². The van der Waals surface area contributed by atoms with Gasteiger partial charge in [-0.15, -0.1) is 0 Å². The standard InChI is InChI=1S/C5H8/c1-2-5-3-4-5/h1-4H2. The molecule has 0 aliphatic heterocycles. The molecule has 1 rings (SSSR count). The largest absolute Gasteiger partial charge is 0.0527 e. The Hall–Kier alpha value is 0. The maximum Gasteiger partial charge on any atom is -0.0241 e. The second-order valence-electron chi connectivity index (χ2n) is 1.50. The first kappa shape index (κ1) is 3.20. The lowest BCUT2D eigenvalue weighted by Crippen LogP contribution is -1.56. The molecule has 1 fully saturated rings. The van der Waals surface area contributed by atoms with Crippen molar-refractivity contribution in [3.8, 4) is 0 Å². The van der Waals surface area contributed by atoms with Crippen LogP contribution in [0.1, 0.15) is 19.3 Å². The lowest BCUT2D eigenvalue weighted by Gasteiger charge is -1.71. The number of rotatable bonds is 1. The van der Waals surface area contributed by atoms with Gasteiger partial charge in [-0.05, 0) is 25.2 Å². The Bertz CT molecular complexity index is 27.0. The molecule has 0 heterocycles. The third-order valence-electron chi connectivity index (χ3n) is 0.957. The van der Waals surface area contributed by atoms with E-state index in [1.54, 1.807) is 5.92 Å². The third-order valence-corrected chi connectivity index (χ3v) is 0.957. The highest BCUT2D eigenvalue weighted by Gasteiger charge is 2.18. The summed E-state index contributed by atoms with van der Waals surface area (Å²) in [5, 5.41) is 0. The predicted molar refractivity (Wildman–Crippen MR) is 22.5 cm³/mol. The maximum absolute atomic E-state index is 3.71. The molecule has 1 saturated carbocycles. The number of hydrogen-bond donors (Lipinski definition) is 0. The van der Waals surface area contributed by atoms with Crippen molar-refractivity contribution < 1.29 is 0 Å². The fourth-order valence-corrected chi connectivity index (χ4v) is 0.338. The Labute approximate surface area is 33.2 Å². The minimum Gasteiger partial charge on any atom is -0.0527 e. The second-order valence-corrected chi connectivity index (χ2v) is 1.50. The van der Waals surface area contributed by atoms with E-state index in [1.165, 1.54) is 12.8 Å². The van der Waals surface area contributed by atoms with E-state index in [9.17, 15) is 0 Å². The van der Waals surface area contributed by atoms with Crippen LogP contribution in [0.3, 0.4) is 0 Å². The van der Waals surface area contributed by atoms with Crippen LogP contribution in [-0.4, -0.2) is 0 Å². The van der Waals surface area contributed by atoms with Crippen LogP contribution in [0.25, 0.3) is 0 Å². The molecule has 0 aromatic carbocycles. The summed E-state index contributed by atoms with van der Waals surface area (Å²) in [6, 6.07) is 0. The third kappa shape index (κ3) is 0.640. The van der Waals surface area contributed by atoms with E-state index in [1.807, 2.05) is 0 Å². The van der Waals surface area contributed by atoms with Crippen LogP contribution in [0.4, 0.5) is 0 Å². The van der Waals surface area contributed by atoms with Gasteiger partial charge in [0, 0.05) is 0 Å². The summed E-state index contributed by atoms with van der Waals surface area (Å²) in [5.41, 5.74) is 0. The molecule has 0 atom stereocenters. The first-order valence-corrected chi connectivity index (χ1v) is 2.06. The first-order chi connectivity index (χ1) is 2.43. The Morgan fingerprint density at radius 2 is 2.20 bits per heavy atom. The van der Waals surface area contributed by atoms with E-state index < -0.39 is 0 Å². The molecule has 28 valence electrons. The predicted octanol–water partition coefficient (Wildman–Crippen LogP) is 1.58. The summed E-state index contributed by atoms with van der Waals surface area (Å²) in [6.45, 7) is 3.71. The smallest absolute Gasteiger partial charge is 0.0241 e. The van der Waals surface area contributed by atoms with Crippen molar-refractivity contribution in [3.05, 3.63) is 12.8 Å². The summed E-state index contributed by atoms with van der Waals surface area (Å²) >= 11 is 0. The van der Waals surface area contributed by atoms with Crippen molar-refractivity contribution >= 4 is 0 Å². The topological polar surface area (TPSA) is 0 Å². The average molecular weight is 68.1 g/mol. The molecule has 0 N–H and O–H groups in total. The molecule has 0 aromatic heterocycles. The molecule has 0 nitrogen and oxygen atoms in total. The molecule has 0 unspecified atom stereocenters. The number of hydrogen-bond acceptors (Lipinski definition) is 0. The molecule has 0 amide bonds. The molecule has 5 heavy (non-hydrogen) atoms. The van der Waals surface area contributed by atoms with E-state index in [0.717, 1.165) is 6.42 Å². The van der Waals surface area contributed by atoms with Crippen molar-refractivity contribution in [2.45, 2.75) is 19.3 Å². The molecule has 1 aliphatic carbocycles. The Balaban J connectivity index is 2.00. The lowest BCUT2D eigenvalue weighted by atomic mass is 10.3. The molecule has 0 heteroatoms. The lowest BCUT2D eigenvalue weighted by molar-refractivity contribution is 1.18. The van der Waals surface area contributed by atoms with Gasteiger partial charge in [-0.2, -0.15) is 0 Å². The van der Waals surface area contributed by atoms with Gasteiger partial charge in [0.25, 0.3) is 0 Å². The van der Waals surface area contributed by atoms with Gasteiger partial charge in [-0.25, -0.2) is 0 Å². The minimum atomic E-state index is 1.08. The molecule has 0 spiro atoms. The first-order valence-electron chi connectivity index (χ1n) is 2.06. The quantitative estimate of drug-likeness (QED) is 0.437. The summed E-state index contributed by atoms with van der Waals surface area (Å²) < 4.78 is 0. The van der Waals surface area contributed by atoms with Gasteiger partial charge in [0.05, 0.1) is 0 Å². The zero-order valence-corrected chi connectivity index (χ0v) is 3.33. The van der Waals surface area contributed by atoms with E-state index in [2.05, 4.69) is 6.92 Å². The zero-order valence-electron chi connectivity index (χ0n) is 3.33. The summed E-state index contributed by atoms with van der Waals surface area (Å²) in [6.07, 6.45) is 3.81. The SMILES string of the molecule is [CH2]C[C]1CC1. The Kier molecular flexibility index (Phi) is 0.640. The molecular formula is C5H8. The van der Waals surface area contributed by atoms with E-state index in [4.69, 9.17) is 0 Å². The Morgan fingerprint density at radius 1 is 1.60 bits per heavy atom. The van der Waals surface area contributed by atoms with Crippen LogP contribution in [0, 0.1) is 12.8 Å². The maximum atomic E-state index is 3.71. The van der Waals surface area contributed by atoms with E-state index >= 15 is 0 Å². The highest BCUT2D eigenvalue weighted by atomic mass is 14.2. The van der Waals surface area contributed by atoms with E-state index in [0.29, 0.717) is 0 Å². The van der Waals surface area contributed by atoms with Crippen molar-refractivity contribution in [1.82, 2.24) is 0 Å². The Morgan fingerprint density at radius 3 is 2.20 bits per heavy atom. The molecule has 2 radical (unpaired) electrons. The van der Waals surface area contributed by atoms with Crippen LogP contribution in [-0.2, 0) is 0 Å². The van der Waals surface area contributed by atoms with Crippen molar-refractivity contribution in [2.24, 2.45) is 0 Å². The van der Waals surface area contributed by atoms with Crippen LogP contribution < -0.4 is 0 Å². The highest BCUT2D eigenvalue weighted by molar-refractivity contribution is 5.05.